The fraction of sp³-hybridized carbons (Fsp3) is 0.529. The third-order valence-electron chi connectivity index (χ3n) is 3.41. The van der Waals surface area contributed by atoms with E-state index in [1.165, 1.54) is 0 Å². The highest BCUT2D eigenvalue weighted by molar-refractivity contribution is 5.25. The van der Waals surface area contributed by atoms with Crippen LogP contribution < -0.4 is 5.32 Å². The maximum absolute atomic E-state index is 12.5. The van der Waals surface area contributed by atoms with Gasteiger partial charge >= 0.3 is 6.18 Å². The molecule has 0 spiro atoms. The molecule has 1 nitrogen and oxygen atoms in total. The Labute approximate surface area is 125 Å². The molecule has 1 aromatic carbocycles. The predicted octanol–water partition coefficient (Wildman–Crippen LogP) is 4.97. The van der Waals surface area contributed by atoms with E-state index in [9.17, 15) is 13.2 Å². The zero-order valence-electron chi connectivity index (χ0n) is 12.5. The number of nitrogens with one attached hydrogen (secondary N) is 1. The molecule has 0 aliphatic heterocycles. The zero-order valence-corrected chi connectivity index (χ0v) is 12.5. The summed E-state index contributed by atoms with van der Waals surface area (Å²) in [6, 6.07) is 5.79. The van der Waals surface area contributed by atoms with E-state index in [4.69, 9.17) is 0 Å². The second-order valence-corrected chi connectivity index (χ2v) is 5.27. The topological polar surface area (TPSA) is 12.0 Å². The Hall–Kier alpha value is -1.29. The molecule has 1 rings (SSSR count). The molecule has 1 unspecified atom stereocenters. The second-order valence-electron chi connectivity index (χ2n) is 5.27. The van der Waals surface area contributed by atoms with Gasteiger partial charge in [0.25, 0.3) is 0 Å². The molecule has 0 bridgehead atoms. The maximum atomic E-state index is 12.5. The Balaban J connectivity index is 2.62. The number of rotatable bonds is 9. The molecule has 0 aliphatic rings. The molecule has 0 fully saturated rings. The molecule has 0 saturated heterocycles. The molecule has 0 radical (unpaired) electrons. The van der Waals surface area contributed by atoms with Gasteiger partial charge in [0.1, 0.15) is 0 Å². The van der Waals surface area contributed by atoms with Crippen molar-refractivity contribution >= 4 is 0 Å². The molecule has 0 aliphatic carbocycles. The van der Waals surface area contributed by atoms with Crippen molar-refractivity contribution < 1.29 is 13.2 Å². The summed E-state index contributed by atoms with van der Waals surface area (Å²) < 4.78 is 37.6. The van der Waals surface area contributed by atoms with Crippen LogP contribution in [0.4, 0.5) is 13.2 Å². The smallest absolute Gasteiger partial charge is 0.314 e. The van der Waals surface area contributed by atoms with Crippen molar-refractivity contribution in [2.75, 3.05) is 6.54 Å². The highest BCUT2D eigenvalue weighted by atomic mass is 19.4. The van der Waals surface area contributed by atoms with Gasteiger partial charge in [-0.2, -0.15) is 13.2 Å². The van der Waals surface area contributed by atoms with Crippen LogP contribution >= 0.6 is 0 Å². The van der Waals surface area contributed by atoms with Gasteiger partial charge in [-0.05, 0) is 56.3 Å². The van der Waals surface area contributed by atoms with E-state index in [0.29, 0.717) is 6.04 Å². The summed E-state index contributed by atoms with van der Waals surface area (Å²) in [4.78, 5) is 0. The van der Waals surface area contributed by atoms with E-state index in [2.05, 4.69) is 18.8 Å². The first kappa shape index (κ1) is 17.8. The molecule has 0 amide bonds. The normalized spacial score (nSPS) is 13.1. The zero-order chi connectivity index (χ0) is 15.7. The maximum Gasteiger partial charge on any atom is 0.416 e. The number of hydrogen-bond acceptors (Lipinski definition) is 1. The van der Waals surface area contributed by atoms with Crippen molar-refractivity contribution in [1.82, 2.24) is 5.32 Å². The van der Waals surface area contributed by atoms with Gasteiger partial charge in [-0.3, -0.25) is 0 Å². The molecule has 0 heterocycles. The molecule has 0 aromatic heterocycles. The standard InChI is InChI=1S/C17H24F3N/c1-3-5-6-7-16(21-12-4-2)13-14-8-10-15(11-9-14)17(18,19)20/h3,8-11,16,21H,1,4-7,12-13H2,2H3. The van der Waals surface area contributed by atoms with E-state index in [-0.39, 0.29) is 0 Å². The fourth-order valence-electron chi connectivity index (χ4n) is 2.25. The van der Waals surface area contributed by atoms with Crippen LogP contribution in [0.5, 0.6) is 0 Å². The van der Waals surface area contributed by atoms with E-state index < -0.39 is 11.7 Å². The molecule has 118 valence electrons. The fourth-order valence-corrected chi connectivity index (χ4v) is 2.25. The molecular weight excluding hydrogens is 275 g/mol. The number of unbranched alkanes of at least 4 members (excludes halogenated alkanes) is 1. The first-order valence-corrected chi connectivity index (χ1v) is 7.47. The number of allylic oxidation sites excluding steroid dienone is 1. The summed E-state index contributed by atoms with van der Waals surface area (Å²) in [6.45, 7) is 6.74. The Morgan fingerprint density at radius 1 is 1.24 bits per heavy atom. The predicted molar refractivity (Wildman–Crippen MR) is 81.3 cm³/mol. The summed E-state index contributed by atoms with van der Waals surface area (Å²) in [5.74, 6) is 0. The van der Waals surface area contributed by atoms with E-state index in [1.54, 1.807) is 12.1 Å². The largest absolute Gasteiger partial charge is 0.416 e. The van der Waals surface area contributed by atoms with Crippen molar-refractivity contribution in [2.24, 2.45) is 0 Å². The van der Waals surface area contributed by atoms with Crippen LogP contribution in [0, 0.1) is 0 Å². The van der Waals surface area contributed by atoms with E-state index in [0.717, 1.165) is 56.3 Å². The third-order valence-corrected chi connectivity index (χ3v) is 3.41. The monoisotopic (exact) mass is 299 g/mol. The van der Waals surface area contributed by atoms with Crippen molar-refractivity contribution in [3.05, 3.63) is 48.0 Å². The second kappa shape index (κ2) is 8.88. The van der Waals surface area contributed by atoms with Crippen molar-refractivity contribution in [1.29, 1.82) is 0 Å². The minimum absolute atomic E-state index is 0.307. The van der Waals surface area contributed by atoms with Crippen LogP contribution in [-0.4, -0.2) is 12.6 Å². The van der Waals surface area contributed by atoms with Gasteiger partial charge in [0.15, 0.2) is 0 Å². The summed E-state index contributed by atoms with van der Waals surface area (Å²) in [5.41, 5.74) is 0.353. The summed E-state index contributed by atoms with van der Waals surface area (Å²) in [7, 11) is 0. The van der Waals surface area contributed by atoms with Gasteiger partial charge in [-0.15, -0.1) is 6.58 Å². The number of hydrogen-bond donors (Lipinski definition) is 1. The minimum atomic E-state index is -4.26. The van der Waals surface area contributed by atoms with Crippen LogP contribution in [0.15, 0.2) is 36.9 Å². The van der Waals surface area contributed by atoms with Crippen molar-refractivity contribution in [2.45, 2.75) is 51.2 Å². The van der Waals surface area contributed by atoms with Gasteiger partial charge in [0.05, 0.1) is 5.56 Å². The van der Waals surface area contributed by atoms with Crippen molar-refractivity contribution in [3.63, 3.8) is 0 Å². The first-order valence-electron chi connectivity index (χ1n) is 7.47. The highest BCUT2D eigenvalue weighted by Crippen LogP contribution is 2.29. The lowest BCUT2D eigenvalue weighted by molar-refractivity contribution is -0.137. The Morgan fingerprint density at radius 2 is 1.90 bits per heavy atom. The average molecular weight is 299 g/mol. The number of benzene rings is 1. The lowest BCUT2D eigenvalue weighted by Crippen LogP contribution is -2.31. The minimum Gasteiger partial charge on any atom is -0.314 e. The van der Waals surface area contributed by atoms with Gasteiger partial charge in [0.2, 0.25) is 0 Å². The van der Waals surface area contributed by atoms with Gasteiger partial charge < -0.3 is 5.32 Å². The quantitative estimate of drug-likeness (QED) is 0.501. The molecule has 1 atom stereocenters. The molecule has 21 heavy (non-hydrogen) atoms. The Kier molecular flexibility index (Phi) is 7.51. The Bertz CT molecular complexity index is 409. The van der Waals surface area contributed by atoms with Crippen molar-refractivity contribution in [3.8, 4) is 0 Å². The van der Waals surface area contributed by atoms with Crippen LogP contribution in [0.25, 0.3) is 0 Å². The molecule has 1 aromatic rings. The molecule has 1 N–H and O–H groups in total. The lowest BCUT2D eigenvalue weighted by atomic mass is 9.99. The molecule has 4 heteroatoms. The first-order chi connectivity index (χ1) is 9.97. The van der Waals surface area contributed by atoms with E-state index in [1.807, 2.05) is 6.08 Å². The van der Waals surface area contributed by atoms with Crippen LogP contribution in [-0.2, 0) is 12.6 Å². The van der Waals surface area contributed by atoms with Crippen LogP contribution in [0.2, 0.25) is 0 Å². The lowest BCUT2D eigenvalue weighted by Gasteiger charge is -2.18. The van der Waals surface area contributed by atoms with E-state index >= 15 is 0 Å². The number of halogens is 3. The van der Waals surface area contributed by atoms with Crippen LogP contribution in [0.3, 0.4) is 0 Å². The SMILES string of the molecule is C=CCCCC(Cc1ccc(C(F)(F)F)cc1)NCCC. The number of alkyl halides is 3. The van der Waals surface area contributed by atoms with Crippen LogP contribution in [0.1, 0.15) is 43.7 Å². The van der Waals surface area contributed by atoms with Gasteiger partial charge in [0, 0.05) is 6.04 Å². The average Bonchev–Trinajstić information content (AvgIpc) is 2.44. The molecular formula is C17H24F3N. The summed E-state index contributed by atoms with van der Waals surface area (Å²) in [5, 5.41) is 3.47. The summed E-state index contributed by atoms with van der Waals surface area (Å²) in [6.07, 6.45) is 2.47. The summed E-state index contributed by atoms with van der Waals surface area (Å²) >= 11 is 0. The van der Waals surface area contributed by atoms with Gasteiger partial charge in [-0.1, -0.05) is 25.1 Å². The highest BCUT2D eigenvalue weighted by Gasteiger charge is 2.29. The molecule has 0 saturated carbocycles. The van der Waals surface area contributed by atoms with Gasteiger partial charge in [-0.25, -0.2) is 0 Å². The Morgan fingerprint density at radius 3 is 2.43 bits per heavy atom. The third kappa shape index (κ3) is 6.80.